The van der Waals surface area contributed by atoms with E-state index in [4.69, 9.17) is 53.3 Å². The highest BCUT2D eigenvalue weighted by Gasteiger charge is 2.12. The Labute approximate surface area is 269 Å². The summed E-state index contributed by atoms with van der Waals surface area (Å²) in [7, 11) is 0. The van der Waals surface area contributed by atoms with E-state index in [0.717, 1.165) is 30.9 Å². The molecule has 45 heavy (non-hydrogen) atoms. The van der Waals surface area contributed by atoms with Gasteiger partial charge in [0.1, 0.15) is 34.4 Å². The normalized spacial score (nSPS) is 10.2. The van der Waals surface area contributed by atoms with Crippen molar-refractivity contribution in [2.75, 3.05) is 0 Å². The number of nitrogens with two attached hydrogens (primary N) is 2. The molecule has 0 aliphatic rings. The van der Waals surface area contributed by atoms with Crippen LogP contribution < -0.4 is 16.2 Å². The molecule has 0 spiro atoms. The second-order valence-corrected chi connectivity index (χ2v) is 11.5. The van der Waals surface area contributed by atoms with Crippen molar-refractivity contribution < 1.29 is 19.7 Å². The highest BCUT2D eigenvalue weighted by molar-refractivity contribution is 6.30. The zero-order valence-electron chi connectivity index (χ0n) is 26.0. The molecule has 11 heteroatoms. The lowest BCUT2D eigenvalue weighted by atomic mass is 9.96. The van der Waals surface area contributed by atoms with E-state index < -0.39 is 5.97 Å². The SMILES string of the molecule is CC(=O)O.CC(C)(N)Cc1ccc(O)cc1.CC(C)(N)Cc1ccc(Oc2ncccc2C#N)cc1.N#Cc1cccnc1Cl. The van der Waals surface area contributed by atoms with E-state index in [9.17, 15) is 0 Å². The van der Waals surface area contributed by atoms with Gasteiger partial charge in [-0.3, -0.25) is 4.79 Å². The van der Waals surface area contributed by atoms with Crippen molar-refractivity contribution in [3.63, 3.8) is 0 Å². The molecule has 0 bridgehead atoms. The molecule has 10 nitrogen and oxygen atoms in total. The van der Waals surface area contributed by atoms with Crippen LogP contribution in [0.25, 0.3) is 0 Å². The first-order chi connectivity index (χ1) is 21.0. The summed E-state index contributed by atoms with van der Waals surface area (Å²) in [5.74, 6) is 0.439. The third-order valence-corrected chi connectivity index (χ3v) is 5.47. The standard InChI is InChI=1S/C16H17N3O.C10H15NO.C6H3ClN2.C2H4O2/c1-16(2,18)10-12-5-7-14(8-6-12)20-15-13(11-17)4-3-9-19-15;1-10(2,11)7-8-3-5-9(12)6-4-8;7-6-5(4-8)2-1-3-9-6;1-2(3)4/h3-9H,10,18H2,1-2H3;3-6,12H,7,11H2,1-2H3;1-3H;1H3,(H,3,4). The van der Waals surface area contributed by atoms with Crippen LogP contribution in [0.1, 0.15) is 56.9 Å². The summed E-state index contributed by atoms with van der Waals surface area (Å²) in [5, 5.41) is 34.0. The third-order valence-electron chi connectivity index (χ3n) is 5.16. The second kappa shape index (κ2) is 18.6. The number of pyridine rings is 2. The monoisotopic (exact) mass is 630 g/mol. The van der Waals surface area contributed by atoms with E-state index in [1.54, 1.807) is 48.8 Å². The highest BCUT2D eigenvalue weighted by atomic mass is 35.5. The van der Waals surface area contributed by atoms with E-state index in [1.807, 2.05) is 70.2 Å². The number of carbonyl (C=O) groups is 1. The predicted molar refractivity (Wildman–Crippen MR) is 175 cm³/mol. The molecule has 0 atom stereocenters. The molecule has 0 fully saturated rings. The Morgan fingerprint density at radius 3 is 1.64 bits per heavy atom. The molecule has 0 aliphatic heterocycles. The first kappa shape index (κ1) is 38.0. The minimum absolute atomic E-state index is 0.184. The minimum atomic E-state index is -0.833. The summed E-state index contributed by atoms with van der Waals surface area (Å²) in [6.07, 6.45) is 4.76. The van der Waals surface area contributed by atoms with Crippen LogP contribution in [-0.4, -0.2) is 37.2 Å². The Balaban J connectivity index is 0.000000344. The van der Waals surface area contributed by atoms with Gasteiger partial charge in [-0.2, -0.15) is 10.5 Å². The number of nitriles is 2. The molecule has 0 unspecified atom stereocenters. The number of aromatic hydroxyl groups is 1. The maximum atomic E-state index is 9.02. The Hall–Kier alpha value is -5.00. The molecule has 2 aromatic heterocycles. The minimum Gasteiger partial charge on any atom is -0.508 e. The van der Waals surface area contributed by atoms with Crippen LogP contribution in [0.15, 0.2) is 85.2 Å². The van der Waals surface area contributed by atoms with Crippen molar-refractivity contribution in [2.45, 2.75) is 58.5 Å². The quantitative estimate of drug-likeness (QED) is 0.173. The van der Waals surface area contributed by atoms with Gasteiger partial charge in [-0.1, -0.05) is 35.9 Å². The number of aromatic nitrogens is 2. The Morgan fingerprint density at radius 1 is 0.822 bits per heavy atom. The molecule has 6 N–H and O–H groups in total. The number of hydrogen-bond acceptors (Lipinski definition) is 9. The maximum absolute atomic E-state index is 9.02. The fourth-order valence-electron chi connectivity index (χ4n) is 3.48. The van der Waals surface area contributed by atoms with E-state index in [2.05, 4.69) is 16.0 Å². The molecular formula is C34H39ClN6O4. The number of carboxylic acids is 1. The molecular weight excluding hydrogens is 592 g/mol. The smallest absolute Gasteiger partial charge is 0.300 e. The van der Waals surface area contributed by atoms with Gasteiger partial charge >= 0.3 is 0 Å². The predicted octanol–water partition coefficient (Wildman–Crippen LogP) is 6.39. The number of ether oxygens (including phenoxy) is 1. The van der Waals surface area contributed by atoms with Gasteiger partial charge in [0.05, 0.1) is 5.56 Å². The fraction of sp³-hybridized carbons (Fsp3) is 0.265. The number of hydrogen-bond donors (Lipinski definition) is 4. The van der Waals surface area contributed by atoms with Gasteiger partial charge in [0.2, 0.25) is 5.88 Å². The molecule has 0 radical (unpaired) electrons. The molecule has 4 aromatic rings. The first-order valence-electron chi connectivity index (χ1n) is 13.7. The molecule has 0 amide bonds. The summed E-state index contributed by atoms with van der Waals surface area (Å²) in [6.45, 7) is 9.04. The fourth-order valence-corrected chi connectivity index (χ4v) is 3.64. The topological polar surface area (TPSA) is 192 Å². The van der Waals surface area contributed by atoms with Crippen molar-refractivity contribution in [1.29, 1.82) is 10.5 Å². The van der Waals surface area contributed by atoms with Crippen LogP contribution in [0.2, 0.25) is 5.15 Å². The summed E-state index contributed by atoms with van der Waals surface area (Å²) in [6, 6.07) is 25.4. The highest BCUT2D eigenvalue weighted by Crippen LogP contribution is 2.23. The van der Waals surface area contributed by atoms with Crippen molar-refractivity contribution in [1.82, 2.24) is 9.97 Å². The van der Waals surface area contributed by atoms with Gasteiger partial charge in [-0.15, -0.1) is 0 Å². The Bertz CT molecular complexity index is 1560. The van der Waals surface area contributed by atoms with Crippen molar-refractivity contribution in [3.05, 3.63) is 113 Å². The molecule has 4 rings (SSSR count). The summed E-state index contributed by atoms with van der Waals surface area (Å²) < 4.78 is 5.62. The average molecular weight is 631 g/mol. The first-order valence-corrected chi connectivity index (χ1v) is 14.1. The number of rotatable bonds is 6. The molecule has 0 saturated heterocycles. The molecule has 2 aromatic carbocycles. The lowest BCUT2D eigenvalue weighted by Crippen LogP contribution is -2.34. The van der Waals surface area contributed by atoms with Gasteiger partial charge in [-0.05, 0) is 100 Å². The number of benzene rings is 2. The summed E-state index contributed by atoms with van der Waals surface area (Å²) in [4.78, 5) is 16.8. The number of carboxylic acid groups (broad SMARTS) is 1. The van der Waals surface area contributed by atoms with Crippen LogP contribution >= 0.6 is 11.6 Å². The third kappa shape index (κ3) is 17.6. The van der Waals surface area contributed by atoms with E-state index in [1.165, 1.54) is 0 Å². The van der Waals surface area contributed by atoms with Crippen LogP contribution in [0.4, 0.5) is 0 Å². The van der Waals surface area contributed by atoms with Gasteiger partial charge in [0.25, 0.3) is 5.97 Å². The lowest BCUT2D eigenvalue weighted by Gasteiger charge is -2.18. The number of phenolic OH excluding ortho intramolecular Hbond substituents is 1. The largest absolute Gasteiger partial charge is 0.508 e. The Morgan fingerprint density at radius 2 is 1.24 bits per heavy atom. The average Bonchev–Trinajstić information content (AvgIpc) is 2.95. The van der Waals surface area contributed by atoms with Crippen molar-refractivity contribution >= 4 is 17.6 Å². The van der Waals surface area contributed by atoms with Crippen LogP contribution in [-0.2, 0) is 17.6 Å². The summed E-state index contributed by atoms with van der Waals surface area (Å²) in [5.41, 5.74) is 14.5. The van der Waals surface area contributed by atoms with Gasteiger partial charge in [0, 0.05) is 30.4 Å². The van der Waals surface area contributed by atoms with E-state index in [0.29, 0.717) is 28.5 Å². The van der Waals surface area contributed by atoms with Gasteiger partial charge < -0.3 is 26.4 Å². The van der Waals surface area contributed by atoms with E-state index in [-0.39, 0.29) is 16.2 Å². The number of halogens is 1. The van der Waals surface area contributed by atoms with E-state index >= 15 is 0 Å². The van der Waals surface area contributed by atoms with Crippen molar-refractivity contribution in [3.8, 4) is 29.5 Å². The number of phenols is 1. The van der Waals surface area contributed by atoms with Crippen LogP contribution in [0.3, 0.4) is 0 Å². The zero-order chi connectivity index (χ0) is 34.0. The second-order valence-electron chi connectivity index (χ2n) is 11.2. The number of nitrogens with zero attached hydrogens (tertiary/aromatic N) is 4. The summed E-state index contributed by atoms with van der Waals surface area (Å²) >= 11 is 5.49. The molecule has 2 heterocycles. The number of aliphatic carboxylic acids is 1. The molecule has 0 saturated carbocycles. The van der Waals surface area contributed by atoms with Crippen molar-refractivity contribution in [2.24, 2.45) is 11.5 Å². The molecule has 236 valence electrons. The molecule has 0 aliphatic carbocycles. The lowest BCUT2D eigenvalue weighted by molar-refractivity contribution is -0.134. The van der Waals surface area contributed by atoms with Crippen LogP contribution in [0, 0.1) is 22.7 Å². The maximum Gasteiger partial charge on any atom is 0.300 e. The zero-order valence-corrected chi connectivity index (χ0v) is 26.8. The Kier molecular flexibility index (Phi) is 15.7. The van der Waals surface area contributed by atoms with Gasteiger partial charge in [-0.25, -0.2) is 9.97 Å². The van der Waals surface area contributed by atoms with Crippen LogP contribution in [0.5, 0.6) is 17.4 Å². The van der Waals surface area contributed by atoms with Gasteiger partial charge in [0.15, 0.2) is 0 Å².